The molecule has 0 aliphatic rings. The predicted octanol–water partition coefficient (Wildman–Crippen LogP) is 2.18. The minimum Gasteiger partial charge on any atom is -0.293 e. The molecule has 0 amide bonds. The summed E-state index contributed by atoms with van der Waals surface area (Å²) < 4.78 is 0. The van der Waals surface area contributed by atoms with Gasteiger partial charge < -0.3 is 0 Å². The summed E-state index contributed by atoms with van der Waals surface area (Å²) in [4.78, 5) is 15.3. The molecule has 1 aromatic rings. The number of Topliss-reactive ketones (excluding diaryl/α,β-unsaturated/α-hetero) is 1. The number of ketones is 1. The zero-order chi connectivity index (χ0) is 9.52. The van der Waals surface area contributed by atoms with Crippen molar-refractivity contribution in [2.24, 2.45) is 0 Å². The number of rotatable bonds is 5. The molecule has 0 aliphatic carbocycles. The van der Waals surface area contributed by atoms with Crippen LogP contribution in [0.4, 0.5) is 0 Å². The SMILES string of the molecule is C=CCSCC(=O)c1ccncc1. The van der Waals surface area contributed by atoms with Gasteiger partial charge in [0.1, 0.15) is 0 Å². The molecule has 0 atom stereocenters. The van der Waals surface area contributed by atoms with Crippen LogP contribution in [0.5, 0.6) is 0 Å². The lowest BCUT2D eigenvalue weighted by atomic mass is 10.2. The van der Waals surface area contributed by atoms with Gasteiger partial charge >= 0.3 is 0 Å². The Kier molecular flexibility index (Phi) is 4.26. The molecule has 0 saturated heterocycles. The van der Waals surface area contributed by atoms with Gasteiger partial charge in [-0.1, -0.05) is 6.08 Å². The third-order valence-corrected chi connectivity index (χ3v) is 2.41. The van der Waals surface area contributed by atoms with Crippen molar-refractivity contribution < 1.29 is 4.79 Å². The molecule has 0 aliphatic heterocycles. The van der Waals surface area contributed by atoms with Crippen molar-refractivity contribution in [1.82, 2.24) is 4.98 Å². The van der Waals surface area contributed by atoms with Gasteiger partial charge in [-0.2, -0.15) is 0 Å². The van der Waals surface area contributed by atoms with Crippen LogP contribution in [0.25, 0.3) is 0 Å². The molecule has 0 unspecified atom stereocenters. The maximum Gasteiger partial charge on any atom is 0.172 e. The number of hydrogen-bond donors (Lipinski definition) is 0. The second-order valence-corrected chi connectivity index (χ2v) is 3.49. The van der Waals surface area contributed by atoms with Gasteiger partial charge in [0.2, 0.25) is 0 Å². The highest BCUT2D eigenvalue weighted by atomic mass is 32.2. The van der Waals surface area contributed by atoms with E-state index in [9.17, 15) is 4.79 Å². The van der Waals surface area contributed by atoms with Crippen molar-refractivity contribution in [3.8, 4) is 0 Å². The minimum atomic E-state index is 0.147. The number of hydrogen-bond acceptors (Lipinski definition) is 3. The first-order valence-corrected chi connectivity index (χ1v) is 5.12. The molecule has 0 aromatic carbocycles. The fourth-order valence-electron chi connectivity index (χ4n) is 0.856. The van der Waals surface area contributed by atoms with Crippen molar-refractivity contribution in [1.29, 1.82) is 0 Å². The lowest BCUT2D eigenvalue weighted by Crippen LogP contribution is -2.02. The maximum absolute atomic E-state index is 11.4. The van der Waals surface area contributed by atoms with Crippen molar-refractivity contribution in [2.45, 2.75) is 0 Å². The van der Waals surface area contributed by atoms with Gasteiger partial charge in [0.05, 0.1) is 5.75 Å². The second-order valence-electron chi connectivity index (χ2n) is 2.46. The summed E-state index contributed by atoms with van der Waals surface area (Å²) in [6.45, 7) is 3.59. The molecule has 2 nitrogen and oxygen atoms in total. The standard InChI is InChI=1S/C10H11NOS/c1-2-7-13-8-10(12)9-3-5-11-6-4-9/h2-6H,1,7-8H2. The summed E-state index contributed by atoms with van der Waals surface area (Å²) in [5.41, 5.74) is 0.728. The summed E-state index contributed by atoms with van der Waals surface area (Å²) in [6, 6.07) is 3.47. The van der Waals surface area contributed by atoms with Crippen LogP contribution < -0.4 is 0 Å². The summed E-state index contributed by atoms with van der Waals surface area (Å²) in [7, 11) is 0. The van der Waals surface area contributed by atoms with Gasteiger partial charge in [0.25, 0.3) is 0 Å². The number of nitrogens with zero attached hydrogens (tertiary/aromatic N) is 1. The Morgan fingerprint density at radius 1 is 1.54 bits per heavy atom. The molecule has 1 heterocycles. The summed E-state index contributed by atoms with van der Waals surface area (Å²) in [6.07, 6.45) is 5.06. The Morgan fingerprint density at radius 2 is 2.23 bits per heavy atom. The molecule has 1 rings (SSSR count). The quantitative estimate of drug-likeness (QED) is 0.408. The van der Waals surface area contributed by atoms with Crippen LogP contribution in [0, 0.1) is 0 Å². The first-order valence-electron chi connectivity index (χ1n) is 3.96. The Labute approximate surface area is 82.1 Å². The molecule has 68 valence electrons. The van der Waals surface area contributed by atoms with E-state index in [2.05, 4.69) is 11.6 Å². The molecule has 1 aromatic heterocycles. The number of pyridine rings is 1. The van der Waals surface area contributed by atoms with Gasteiger partial charge in [0.15, 0.2) is 5.78 Å². The first-order chi connectivity index (χ1) is 6.34. The number of carbonyl (C=O) groups is 1. The van der Waals surface area contributed by atoms with E-state index in [1.807, 2.05) is 0 Å². The Hall–Kier alpha value is -1.09. The summed E-state index contributed by atoms with van der Waals surface area (Å²) in [5.74, 6) is 1.47. The smallest absolute Gasteiger partial charge is 0.172 e. The van der Waals surface area contributed by atoms with E-state index in [0.717, 1.165) is 11.3 Å². The molecular formula is C10H11NOS. The molecule has 0 bridgehead atoms. The van der Waals surface area contributed by atoms with Gasteiger partial charge in [-0.15, -0.1) is 18.3 Å². The van der Waals surface area contributed by atoms with Crippen LogP contribution >= 0.6 is 11.8 Å². The van der Waals surface area contributed by atoms with Gasteiger partial charge in [-0.25, -0.2) is 0 Å². The monoisotopic (exact) mass is 193 g/mol. The molecule has 0 N–H and O–H groups in total. The average Bonchev–Trinajstić information content (AvgIpc) is 2.19. The van der Waals surface area contributed by atoms with Crippen LogP contribution in [0.3, 0.4) is 0 Å². The molecule has 0 fully saturated rings. The zero-order valence-electron chi connectivity index (χ0n) is 7.27. The van der Waals surface area contributed by atoms with Crippen molar-refractivity contribution >= 4 is 17.5 Å². The molecule has 0 spiro atoms. The number of thioether (sulfide) groups is 1. The van der Waals surface area contributed by atoms with Gasteiger partial charge in [-0.3, -0.25) is 9.78 Å². The lowest BCUT2D eigenvalue weighted by molar-refractivity contribution is 0.102. The van der Waals surface area contributed by atoms with Crippen LogP contribution in [0.1, 0.15) is 10.4 Å². The van der Waals surface area contributed by atoms with Crippen LogP contribution in [0.15, 0.2) is 37.2 Å². The summed E-state index contributed by atoms with van der Waals surface area (Å²) >= 11 is 1.57. The fraction of sp³-hybridized carbons (Fsp3) is 0.200. The Balaban J connectivity index is 2.45. The molecule has 0 radical (unpaired) electrons. The number of aromatic nitrogens is 1. The van der Waals surface area contributed by atoms with Crippen LogP contribution in [-0.2, 0) is 0 Å². The third-order valence-electron chi connectivity index (χ3n) is 1.47. The van der Waals surface area contributed by atoms with Gasteiger partial charge in [0, 0.05) is 23.7 Å². The summed E-state index contributed by atoms with van der Waals surface area (Å²) in [5, 5.41) is 0. The zero-order valence-corrected chi connectivity index (χ0v) is 8.09. The van der Waals surface area contributed by atoms with Crippen LogP contribution in [-0.4, -0.2) is 22.3 Å². The first kappa shape index (κ1) is 9.99. The van der Waals surface area contributed by atoms with E-state index in [1.165, 1.54) is 0 Å². The molecule has 3 heteroatoms. The van der Waals surface area contributed by atoms with E-state index >= 15 is 0 Å². The second kappa shape index (κ2) is 5.54. The Bertz CT molecular complexity index is 284. The van der Waals surface area contributed by atoms with E-state index < -0.39 is 0 Å². The normalized spacial score (nSPS) is 9.54. The maximum atomic E-state index is 11.4. The van der Waals surface area contributed by atoms with Crippen molar-refractivity contribution in [3.05, 3.63) is 42.7 Å². The molecular weight excluding hydrogens is 182 g/mol. The van der Waals surface area contributed by atoms with E-state index in [4.69, 9.17) is 0 Å². The highest BCUT2D eigenvalue weighted by Gasteiger charge is 2.03. The van der Waals surface area contributed by atoms with E-state index in [1.54, 1.807) is 42.4 Å². The molecule has 0 saturated carbocycles. The van der Waals surface area contributed by atoms with E-state index in [0.29, 0.717) is 5.75 Å². The predicted molar refractivity (Wildman–Crippen MR) is 56.1 cm³/mol. The van der Waals surface area contributed by atoms with Gasteiger partial charge in [-0.05, 0) is 12.1 Å². The third kappa shape index (κ3) is 3.42. The largest absolute Gasteiger partial charge is 0.293 e. The fourth-order valence-corrected chi connectivity index (χ4v) is 1.49. The van der Waals surface area contributed by atoms with Crippen molar-refractivity contribution in [2.75, 3.05) is 11.5 Å². The highest BCUT2D eigenvalue weighted by molar-refractivity contribution is 8.00. The topological polar surface area (TPSA) is 30.0 Å². The lowest BCUT2D eigenvalue weighted by Gasteiger charge is -1.97. The number of carbonyl (C=O) groups excluding carboxylic acids is 1. The average molecular weight is 193 g/mol. The molecule has 13 heavy (non-hydrogen) atoms. The Morgan fingerprint density at radius 3 is 2.85 bits per heavy atom. The van der Waals surface area contributed by atoms with Crippen LogP contribution in [0.2, 0.25) is 0 Å². The van der Waals surface area contributed by atoms with E-state index in [-0.39, 0.29) is 5.78 Å². The highest BCUT2D eigenvalue weighted by Crippen LogP contribution is 2.06. The minimum absolute atomic E-state index is 0.147. The van der Waals surface area contributed by atoms with Crippen molar-refractivity contribution in [3.63, 3.8) is 0 Å².